The lowest BCUT2D eigenvalue weighted by Gasteiger charge is -2.16. The molecule has 3 N–H and O–H groups in total. The van der Waals surface area contributed by atoms with Crippen molar-refractivity contribution in [3.8, 4) is 0 Å². The molecule has 0 saturated heterocycles. The molecule has 0 saturated carbocycles. The summed E-state index contributed by atoms with van der Waals surface area (Å²) in [6.07, 6.45) is 2.07. The SMILES string of the molecule is CN=C(NCCC(=O)Nc1ccc(C)cn1)NCC(C)c1cccc(C)c1. The Bertz CT molecular complexity index is 770. The Morgan fingerprint density at radius 2 is 1.96 bits per heavy atom. The molecule has 0 aliphatic heterocycles. The van der Waals surface area contributed by atoms with Gasteiger partial charge in [0.1, 0.15) is 5.82 Å². The largest absolute Gasteiger partial charge is 0.356 e. The van der Waals surface area contributed by atoms with Crippen LogP contribution in [-0.2, 0) is 4.79 Å². The van der Waals surface area contributed by atoms with Crippen molar-refractivity contribution in [3.63, 3.8) is 0 Å². The maximum atomic E-state index is 12.0. The second kappa shape index (κ2) is 10.3. The van der Waals surface area contributed by atoms with Crippen molar-refractivity contribution >= 4 is 17.7 Å². The minimum absolute atomic E-state index is 0.0811. The highest BCUT2D eigenvalue weighted by atomic mass is 16.1. The van der Waals surface area contributed by atoms with Gasteiger partial charge >= 0.3 is 0 Å². The number of guanidine groups is 1. The number of nitrogens with zero attached hydrogens (tertiary/aromatic N) is 2. The van der Waals surface area contributed by atoms with Crippen LogP contribution in [0.4, 0.5) is 5.82 Å². The molecule has 0 aliphatic rings. The van der Waals surface area contributed by atoms with Gasteiger partial charge in [0.15, 0.2) is 5.96 Å². The zero-order chi connectivity index (χ0) is 19.6. The Hall–Kier alpha value is -2.89. The topological polar surface area (TPSA) is 78.4 Å². The molecule has 6 heteroatoms. The second-order valence-corrected chi connectivity index (χ2v) is 6.71. The fourth-order valence-electron chi connectivity index (χ4n) is 2.61. The van der Waals surface area contributed by atoms with Crippen molar-refractivity contribution in [3.05, 3.63) is 59.3 Å². The normalized spacial score (nSPS) is 12.4. The summed E-state index contributed by atoms with van der Waals surface area (Å²) in [5.74, 6) is 1.54. The summed E-state index contributed by atoms with van der Waals surface area (Å²) in [6.45, 7) is 7.50. The van der Waals surface area contributed by atoms with Crippen molar-refractivity contribution in [1.29, 1.82) is 0 Å². The number of aryl methyl sites for hydroxylation is 2. The molecule has 1 amide bonds. The van der Waals surface area contributed by atoms with E-state index in [1.165, 1.54) is 11.1 Å². The van der Waals surface area contributed by atoms with Crippen molar-refractivity contribution in [2.75, 3.05) is 25.5 Å². The Kier molecular flexibility index (Phi) is 7.79. The molecule has 0 radical (unpaired) electrons. The van der Waals surface area contributed by atoms with Gasteiger partial charge in [-0.2, -0.15) is 0 Å². The summed E-state index contributed by atoms with van der Waals surface area (Å²) in [5.41, 5.74) is 3.61. The molecule has 0 bridgehead atoms. The summed E-state index contributed by atoms with van der Waals surface area (Å²) in [5, 5.41) is 9.27. The van der Waals surface area contributed by atoms with Gasteiger partial charge in [0.05, 0.1) is 0 Å². The Labute approximate surface area is 161 Å². The van der Waals surface area contributed by atoms with E-state index in [0.29, 0.717) is 30.7 Å². The molecule has 144 valence electrons. The van der Waals surface area contributed by atoms with Crippen molar-refractivity contribution in [2.45, 2.75) is 33.1 Å². The fraction of sp³-hybridized carbons (Fsp3) is 0.381. The monoisotopic (exact) mass is 367 g/mol. The van der Waals surface area contributed by atoms with Crippen LogP contribution in [0.1, 0.15) is 36.0 Å². The first-order chi connectivity index (χ1) is 13.0. The second-order valence-electron chi connectivity index (χ2n) is 6.71. The van der Waals surface area contributed by atoms with Gasteiger partial charge < -0.3 is 16.0 Å². The number of hydrogen-bond donors (Lipinski definition) is 3. The van der Waals surface area contributed by atoms with Crippen LogP contribution in [0.3, 0.4) is 0 Å². The molecule has 6 nitrogen and oxygen atoms in total. The summed E-state index contributed by atoms with van der Waals surface area (Å²) < 4.78 is 0. The molecule has 1 aromatic carbocycles. The first-order valence-corrected chi connectivity index (χ1v) is 9.21. The van der Waals surface area contributed by atoms with Gasteiger partial charge in [-0.1, -0.05) is 42.8 Å². The quantitative estimate of drug-likeness (QED) is 0.519. The molecule has 0 spiro atoms. The number of pyridine rings is 1. The third-order valence-corrected chi connectivity index (χ3v) is 4.23. The highest BCUT2D eigenvalue weighted by Crippen LogP contribution is 2.15. The highest BCUT2D eigenvalue weighted by molar-refractivity contribution is 5.90. The Morgan fingerprint density at radius 3 is 2.63 bits per heavy atom. The van der Waals surface area contributed by atoms with Gasteiger partial charge in [0, 0.05) is 32.8 Å². The summed E-state index contributed by atoms with van der Waals surface area (Å²) in [7, 11) is 1.73. The van der Waals surface area contributed by atoms with Crippen LogP contribution in [0.5, 0.6) is 0 Å². The van der Waals surface area contributed by atoms with E-state index in [4.69, 9.17) is 0 Å². The molecule has 0 aliphatic carbocycles. The molecule has 2 aromatic rings. The molecule has 1 heterocycles. The first-order valence-electron chi connectivity index (χ1n) is 9.21. The number of hydrogen-bond acceptors (Lipinski definition) is 3. The average Bonchev–Trinajstić information content (AvgIpc) is 2.66. The maximum absolute atomic E-state index is 12.0. The standard InChI is InChI=1S/C21H29N5O/c1-15-6-5-7-18(12-15)17(3)14-25-21(22-4)23-11-10-20(27)26-19-9-8-16(2)13-24-19/h5-9,12-13,17H,10-11,14H2,1-4H3,(H2,22,23,25)(H,24,26,27). The predicted octanol–water partition coefficient (Wildman–Crippen LogP) is 3.00. The van der Waals surface area contributed by atoms with E-state index < -0.39 is 0 Å². The lowest BCUT2D eigenvalue weighted by atomic mass is 9.99. The number of anilines is 1. The van der Waals surface area contributed by atoms with Crippen LogP contribution in [0, 0.1) is 13.8 Å². The number of nitrogens with one attached hydrogen (secondary N) is 3. The van der Waals surface area contributed by atoms with Gasteiger partial charge in [0.2, 0.25) is 5.91 Å². The lowest BCUT2D eigenvalue weighted by Crippen LogP contribution is -2.40. The van der Waals surface area contributed by atoms with E-state index >= 15 is 0 Å². The predicted molar refractivity (Wildman–Crippen MR) is 111 cm³/mol. The summed E-state index contributed by atoms with van der Waals surface area (Å²) >= 11 is 0. The molecular weight excluding hydrogens is 338 g/mol. The van der Waals surface area contributed by atoms with E-state index in [2.05, 4.69) is 64.0 Å². The van der Waals surface area contributed by atoms with Gasteiger partial charge in [0.25, 0.3) is 0 Å². The fourth-order valence-corrected chi connectivity index (χ4v) is 2.61. The third kappa shape index (κ3) is 7.09. The van der Waals surface area contributed by atoms with E-state index in [-0.39, 0.29) is 5.91 Å². The zero-order valence-corrected chi connectivity index (χ0v) is 16.5. The van der Waals surface area contributed by atoms with Gasteiger partial charge in [-0.15, -0.1) is 0 Å². The van der Waals surface area contributed by atoms with E-state index in [1.54, 1.807) is 19.3 Å². The molecular formula is C21H29N5O. The lowest BCUT2D eigenvalue weighted by molar-refractivity contribution is -0.116. The van der Waals surface area contributed by atoms with E-state index in [1.807, 2.05) is 13.0 Å². The van der Waals surface area contributed by atoms with Gasteiger partial charge in [-0.3, -0.25) is 9.79 Å². The summed E-state index contributed by atoms with van der Waals surface area (Å²) in [4.78, 5) is 20.4. The average molecular weight is 367 g/mol. The number of aliphatic imine (C=N–C) groups is 1. The first kappa shape index (κ1) is 20.4. The minimum Gasteiger partial charge on any atom is -0.356 e. The number of carbonyl (C=O) groups is 1. The molecule has 1 aromatic heterocycles. The minimum atomic E-state index is -0.0811. The number of rotatable bonds is 7. The maximum Gasteiger partial charge on any atom is 0.227 e. The van der Waals surface area contributed by atoms with Gasteiger partial charge in [-0.05, 0) is 37.0 Å². The van der Waals surface area contributed by atoms with E-state index in [9.17, 15) is 4.79 Å². The van der Waals surface area contributed by atoms with Crippen LogP contribution < -0.4 is 16.0 Å². The Morgan fingerprint density at radius 1 is 1.15 bits per heavy atom. The number of benzene rings is 1. The zero-order valence-electron chi connectivity index (χ0n) is 16.5. The van der Waals surface area contributed by atoms with Crippen LogP contribution in [0.25, 0.3) is 0 Å². The van der Waals surface area contributed by atoms with Crippen molar-refractivity contribution in [1.82, 2.24) is 15.6 Å². The van der Waals surface area contributed by atoms with Crippen LogP contribution >= 0.6 is 0 Å². The molecule has 2 rings (SSSR count). The Balaban J connectivity index is 1.72. The van der Waals surface area contributed by atoms with Crippen LogP contribution in [0.2, 0.25) is 0 Å². The third-order valence-electron chi connectivity index (χ3n) is 4.23. The number of aromatic nitrogens is 1. The van der Waals surface area contributed by atoms with Crippen LogP contribution in [-0.4, -0.2) is 37.0 Å². The molecule has 27 heavy (non-hydrogen) atoms. The van der Waals surface area contributed by atoms with Gasteiger partial charge in [-0.25, -0.2) is 4.98 Å². The number of amides is 1. The smallest absolute Gasteiger partial charge is 0.227 e. The highest BCUT2D eigenvalue weighted by Gasteiger charge is 2.08. The van der Waals surface area contributed by atoms with Crippen LogP contribution in [0.15, 0.2) is 47.6 Å². The van der Waals surface area contributed by atoms with Crippen molar-refractivity contribution < 1.29 is 4.79 Å². The van der Waals surface area contributed by atoms with E-state index in [0.717, 1.165) is 12.1 Å². The molecule has 1 atom stereocenters. The van der Waals surface area contributed by atoms with Crippen molar-refractivity contribution in [2.24, 2.45) is 4.99 Å². The molecule has 0 fully saturated rings. The molecule has 1 unspecified atom stereocenters. The summed E-state index contributed by atoms with van der Waals surface area (Å²) in [6, 6.07) is 12.2. The number of carbonyl (C=O) groups excluding carboxylic acids is 1.